The lowest BCUT2D eigenvalue weighted by atomic mass is 10.0. The number of amides is 1. The van der Waals surface area contributed by atoms with Crippen molar-refractivity contribution < 1.29 is 14.3 Å². The van der Waals surface area contributed by atoms with Crippen molar-refractivity contribution in [3.63, 3.8) is 0 Å². The summed E-state index contributed by atoms with van der Waals surface area (Å²) in [6.07, 6.45) is 2.49. The number of likely N-dealkylation sites (tertiary alicyclic amines) is 1. The molecule has 0 spiro atoms. The maximum Gasteiger partial charge on any atom is 0.410 e. The van der Waals surface area contributed by atoms with Crippen LogP contribution in [0.3, 0.4) is 0 Å². The normalized spacial score (nSPS) is 27.1. The van der Waals surface area contributed by atoms with E-state index in [4.69, 9.17) is 4.74 Å². The number of piperazine rings is 1. The first-order chi connectivity index (χ1) is 11.4. The van der Waals surface area contributed by atoms with Gasteiger partial charge in [0, 0.05) is 19.1 Å². The van der Waals surface area contributed by atoms with Gasteiger partial charge in [-0.2, -0.15) is 0 Å². The van der Waals surface area contributed by atoms with E-state index >= 15 is 0 Å². The van der Waals surface area contributed by atoms with Crippen LogP contribution in [0.4, 0.5) is 4.79 Å². The fourth-order valence-corrected chi connectivity index (χ4v) is 3.83. The highest BCUT2D eigenvalue weighted by atomic mass is 16.6. The third-order valence-electron chi connectivity index (χ3n) is 4.78. The second-order valence-corrected chi connectivity index (χ2v) is 7.73. The minimum Gasteiger partial charge on any atom is -0.444 e. The maximum absolute atomic E-state index is 12.6. The highest BCUT2D eigenvalue weighted by Crippen LogP contribution is 2.35. The quantitative estimate of drug-likeness (QED) is 0.800. The summed E-state index contributed by atoms with van der Waals surface area (Å²) in [5.41, 5.74) is 0.670. The Bertz CT molecular complexity index is 596. The van der Waals surface area contributed by atoms with Crippen LogP contribution < -0.4 is 0 Å². The summed E-state index contributed by atoms with van der Waals surface area (Å²) in [5, 5.41) is 0. The lowest BCUT2D eigenvalue weighted by Gasteiger charge is -2.44. The fourth-order valence-electron chi connectivity index (χ4n) is 3.83. The Morgan fingerprint density at radius 1 is 1.25 bits per heavy atom. The van der Waals surface area contributed by atoms with E-state index in [1.54, 1.807) is 0 Å². The maximum atomic E-state index is 12.6. The third-order valence-corrected chi connectivity index (χ3v) is 4.78. The number of rotatable bonds is 3. The van der Waals surface area contributed by atoms with E-state index in [9.17, 15) is 9.59 Å². The summed E-state index contributed by atoms with van der Waals surface area (Å²) in [5.74, 6) is 0. The molecule has 2 fully saturated rings. The summed E-state index contributed by atoms with van der Waals surface area (Å²) in [6.45, 7) is 7.06. The summed E-state index contributed by atoms with van der Waals surface area (Å²) in [4.78, 5) is 28.4. The molecule has 0 aromatic heterocycles. The molecule has 2 bridgehead atoms. The van der Waals surface area contributed by atoms with Crippen molar-refractivity contribution in [3.05, 3.63) is 35.9 Å². The standard InChI is InChI=1S/C19H26N2O3/c1-19(2,3)24-18(23)21-15-9-10-16(21)17(13-22)20(12-15)11-14-7-5-4-6-8-14/h4-8,13,15-17H,9-12H2,1-3H3/t15-,16+,17-/m1/s1. The number of carbonyl (C=O) groups is 2. The molecule has 1 aromatic carbocycles. The SMILES string of the molecule is CC(C)(C)OC(=O)N1[C@@H]2CC[C@H]1[C@@H](C=O)N(Cc1ccccc1)C2. The van der Waals surface area contributed by atoms with Gasteiger partial charge in [-0.15, -0.1) is 0 Å². The van der Waals surface area contributed by atoms with E-state index < -0.39 is 5.60 Å². The third kappa shape index (κ3) is 3.46. The van der Waals surface area contributed by atoms with Crippen molar-refractivity contribution in [2.45, 2.75) is 63.9 Å². The van der Waals surface area contributed by atoms with Crippen LogP contribution in [-0.4, -0.2) is 52.5 Å². The van der Waals surface area contributed by atoms with Gasteiger partial charge in [-0.05, 0) is 39.2 Å². The Morgan fingerprint density at radius 3 is 2.58 bits per heavy atom. The summed E-state index contributed by atoms with van der Waals surface area (Å²) < 4.78 is 5.56. The highest BCUT2D eigenvalue weighted by molar-refractivity contribution is 5.72. The zero-order chi connectivity index (χ0) is 17.3. The van der Waals surface area contributed by atoms with Gasteiger partial charge in [-0.1, -0.05) is 30.3 Å². The molecule has 2 aliphatic heterocycles. The second-order valence-electron chi connectivity index (χ2n) is 7.73. The van der Waals surface area contributed by atoms with Gasteiger partial charge in [-0.25, -0.2) is 4.79 Å². The van der Waals surface area contributed by atoms with Gasteiger partial charge in [-0.3, -0.25) is 9.80 Å². The van der Waals surface area contributed by atoms with Crippen molar-refractivity contribution >= 4 is 12.4 Å². The molecule has 0 saturated carbocycles. The van der Waals surface area contributed by atoms with E-state index in [2.05, 4.69) is 17.0 Å². The van der Waals surface area contributed by atoms with E-state index in [-0.39, 0.29) is 24.2 Å². The van der Waals surface area contributed by atoms with Gasteiger partial charge in [0.05, 0.1) is 12.1 Å². The van der Waals surface area contributed by atoms with Crippen LogP contribution in [-0.2, 0) is 16.1 Å². The molecule has 2 saturated heterocycles. The van der Waals surface area contributed by atoms with Crippen LogP contribution in [0.5, 0.6) is 0 Å². The number of hydrogen-bond acceptors (Lipinski definition) is 4. The minimum absolute atomic E-state index is 0.0835. The Balaban J connectivity index is 1.76. The Morgan fingerprint density at radius 2 is 1.96 bits per heavy atom. The zero-order valence-corrected chi connectivity index (χ0v) is 14.6. The summed E-state index contributed by atoms with van der Waals surface area (Å²) >= 11 is 0. The van der Waals surface area contributed by atoms with Crippen molar-refractivity contribution in [3.8, 4) is 0 Å². The van der Waals surface area contributed by atoms with Gasteiger partial charge >= 0.3 is 6.09 Å². The fraction of sp³-hybridized carbons (Fsp3) is 0.579. The van der Waals surface area contributed by atoms with Crippen molar-refractivity contribution in [2.75, 3.05) is 6.54 Å². The smallest absolute Gasteiger partial charge is 0.410 e. The van der Waals surface area contributed by atoms with E-state index in [1.165, 1.54) is 5.56 Å². The Kier molecular flexibility index (Phi) is 4.63. The van der Waals surface area contributed by atoms with Gasteiger partial charge < -0.3 is 9.53 Å². The van der Waals surface area contributed by atoms with Crippen LogP contribution in [0.2, 0.25) is 0 Å². The topological polar surface area (TPSA) is 49.9 Å². The predicted molar refractivity (Wildman–Crippen MR) is 91.6 cm³/mol. The molecule has 130 valence electrons. The van der Waals surface area contributed by atoms with Crippen LogP contribution in [0.15, 0.2) is 30.3 Å². The zero-order valence-electron chi connectivity index (χ0n) is 14.6. The van der Waals surface area contributed by atoms with Crippen LogP contribution in [0.25, 0.3) is 0 Å². The molecule has 1 amide bonds. The number of nitrogens with zero attached hydrogens (tertiary/aromatic N) is 2. The molecule has 1 aromatic rings. The number of fused-ring (bicyclic) bond motifs is 2. The van der Waals surface area contributed by atoms with Gasteiger partial charge in [0.25, 0.3) is 0 Å². The Labute approximate surface area is 143 Å². The van der Waals surface area contributed by atoms with Crippen LogP contribution in [0.1, 0.15) is 39.2 Å². The number of hydrogen-bond donors (Lipinski definition) is 0. The molecule has 0 aliphatic carbocycles. The van der Waals surface area contributed by atoms with Crippen molar-refractivity contribution in [1.29, 1.82) is 0 Å². The van der Waals surface area contributed by atoms with Crippen LogP contribution >= 0.6 is 0 Å². The molecule has 5 heteroatoms. The number of benzene rings is 1. The first-order valence-corrected chi connectivity index (χ1v) is 8.63. The first kappa shape index (κ1) is 17.0. The minimum atomic E-state index is -0.519. The molecule has 0 N–H and O–H groups in total. The van der Waals surface area contributed by atoms with Gasteiger partial charge in [0.15, 0.2) is 0 Å². The number of aldehydes is 1. The predicted octanol–water partition coefficient (Wildman–Crippen LogP) is 2.84. The second kappa shape index (κ2) is 6.55. The lowest BCUT2D eigenvalue weighted by Crippen LogP contribution is -2.61. The molecule has 3 atom stereocenters. The molecule has 2 aliphatic rings. The molecule has 2 heterocycles. The largest absolute Gasteiger partial charge is 0.444 e. The molecule has 5 nitrogen and oxygen atoms in total. The molecule has 0 unspecified atom stereocenters. The van der Waals surface area contributed by atoms with Crippen LogP contribution in [0, 0.1) is 0 Å². The molecule has 0 radical (unpaired) electrons. The van der Waals surface area contributed by atoms with E-state index in [1.807, 2.05) is 43.9 Å². The Hall–Kier alpha value is -1.88. The molecular weight excluding hydrogens is 304 g/mol. The average molecular weight is 330 g/mol. The van der Waals surface area contributed by atoms with Gasteiger partial charge in [0.1, 0.15) is 11.9 Å². The van der Waals surface area contributed by atoms with Crippen molar-refractivity contribution in [1.82, 2.24) is 9.80 Å². The monoisotopic (exact) mass is 330 g/mol. The van der Waals surface area contributed by atoms with E-state index in [0.29, 0.717) is 6.54 Å². The number of ether oxygens (including phenoxy) is 1. The van der Waals surface area contributed by atoms with E-state index in [0.717, 1.165) is 25.7 Å². The highest BCUT2D eigenvalue weighted by Gasteiger charge is 2.49. The molecular formula is C19H26N2O3. The van der Waals surface area contributed by atoms with Crippen molar-refractivity contribution in [2.24, 2.45) is 0 Å². The average Bonchev–Trinajstić information content (AvgIpc) is 2.83. The summed E-state index contributed by atoms with van der Waals surface area (Å²) in [7, 11) is 0. The number of carbonyl (C=O) groups excluding carboxylic acids is 2. The molecule has 24 heavy (non-hydrogen) atoms. The lowest BCUT2D eigenvalue weighted by molar-refractivity contribution is -0.117. The molecule has 3 rings (SSSR count). The summed E-state index contributed by atoms with van der Waals surface area (Å²) in [6, 6.07) is 9.94. The van der Waals surface area contributed by atoms with Gasteiger partial charge in [0.2, 0.25) is 0 Å². The first-order valence-electron chi connectivity index (χ1n) is 8.63.